The van der Waals surface area contributed by atoms with Crippen molar-refractivity contribution >= 4 is 16.6 Å². The molecule has 0 aromatic carbocycles. The van der Waals surface area contributed by atoms with Crippen LogP contribution in [0, 0.1) is 5.41 Å². The zero-order valence-electron chi connectivity index (χ0n) is 15.0. The highest BCUT2D eigenvalue weighted by atomic mass is 16.3. The fourth-order valence-corrected chi connectivity index (χ4v) is 3.79. The Labute approximate surface area is 148 Å². The lowest BCUT2D eigenvalue weighted by Crippen LogP contribution is -2.47. The Kier molecular flexibility index (Phi) is 3.23. The van der Waals surface area contributed by atoms with Crippen molar-refractivity contribution < 1.29 is 5.11 Å². The second-order valence-corrected chi connectivity index (χ2v) is 7.91. The second kappa shape index (κ2) is 5.12. The molecule has 1 unspecified atom stereocenters. The van der Waals surface area contributed by atoms with Crippen LogP contribution >= 0.6 is 0 Å². The Morgan fingerprint density at radius 2 is 2.12 bits per heavy atom. The lowest BCUT2D eigenvalue weighted by atomic mass is 9.83. The van der Waals surface area contributed by atoms with Crippen molar-refractivity contribution in [2.45, 2.75) is 33.4 Å². The summed E-state index contributed by atoms with van der Waals surface area (Å²) in [5.41, 5.74) is 4.94. The lowest BCUT2D eigenvalue weighted by molar-refractivity contribution is 0.163. The van der Waals surface area contributed by atoms with Crippen LogP contribution < -0.4 is 0 Å². The molecule has 0 amide bonds. The van der Waals surface area contributed by atoms with Crippen LogP contribution in [0.3, 0.4) is 0 Å². The monoisotopic (exact) mass is 333 g/mol. The predicted octanol–water partition coefficient (Wildman–Crippen LogP) is 4.63. The Morgan fingerprint density at radius 3 is 2.80 bits per heavy atom. The van der Waals surface area contributed by atoms with Gasteiger partial charge in [0.05, 0.1) is 29.1 Å². The molecule has 4 heterocycles. The fraction of sp³-hybridized carbons (Fsp3) is 0.286. The van der Waals surface area contributed by atoms with Gasteiger partial charge in [-0.2, -0.15) is 0 Å². The van der Waals surface area contributed by atoms with Gasteiger partial charge < -0.3 is 14.6 Å². The third kappa shape index (κ3) is 2.32. The summed E-state index contributed by atoms with van der Waals surface area (Å²) < 4.78 is 2.35. The molecule has 0 fully saturated rings. The van der Waals surface area contributed by atoms with Gasteiger partial charge in [-0.3, -0.25) is 4.98 Å². The zero-order chi connectivity index (χ0) is 17.9. The molecule has 2 aromatic rings. The first kappa shape index (κ1) is 15.8. The van der Waals surface area contributed by atoms with Crippen LogP contribution in [0.2, 0.25) is 0 Å². The maximum Gasteiger partial charge on any atom is 0.117 e. The van der Waals surface area contributed by atoms with Gasteiger partial charge in [0.25, 0.3) is 0 Å². The van der Waals surface area contributed by atoms with Crippen molar-refractivity contribution in [3.05, 3.63) is 72.6 Å². The summed E-state index contributed by atoms with van der Waals surface area (Å²) in [5.74, 6) is 0.0586. The van der Waals surface area contributed by atoms with Crippen LogP contribution in [0.15, 0.2) is 66.9 Å². The highest BCUT2D eigenvalue weighted by Gasteiger charge is 2.38. The highest BCUT2D eigenvalue weighted by molar-refractivity contribution is 5.87. The summed E-state index contributed by atoms with van der Waals surface area (Å²) in [7, 11) is 0. The number of hydrogen-bond donors (Lipinski definition) is 1. The number of hydrogen-bond acceptors (Lipinski definition) is 3. The van der Waals surface area contributed by atoms with Gasteiger partial charge >= 0.3 is 0 Å². The van der Waals surface area contributed by atoms with Crippen molar-refractivity contribution in [2.75, 3.05) is 0 Å². The van der Waals surface area contributed by atoms with Gasteiger partial charge in [0.2, 0.25) is 0 Å². The standard InChI is InChI=1S/C21H23N3O/c1-13-8-17-18-9-15-6-7-22-10-19(15)23(18)12-20(21(3,4)5)24(17)11-16(13)14(2)25/h6-11,20,25H,1-2,12H2,3-5H3. The van der Waals surface area contributed by atoms with Gasteiger partial charge in [-0.05, 0) is 29.2 Å². The van der Waals surface area contributed by atoms with Gasteiger partial charge in [0.1, 0.15) is 5.76 Å². The number of rotatable bonds is 1. The summed E-state index contributed by atoms with van der Waals surface area (Å²) in [6.07, 6.45) is 7.81. The molecule has 0 spiro atoms. The van der Waals surface area contributed by atoms with Crippen LogP contribution in [0.5, 0.6) is 0 Å². The van der Waals surface area contributed by atoms with Crippen LogP contribution in [-0.2, 0) is 6.54 Å². The predicted molar refractivity (Wildman–Crippen MR) is 102 cm³/mol. The summed E-state index contributed by atoms with van der Waals surface area (Å²) in [4.78, 5) is 6.58. The molecule has 0 bridgehead atoms. The lowest BCUT2D eigenvalue weighted by Gasteiger charge is -2.46. The molecular formula is C21H23N3O. The SMILES string of the molecule is C=C(O)C1=CN2C(=CC1=C)c1cc3ccncc3n1CC2C(C)(C)C. The topological polar surface area (TPSA) is 41.3 Å². The zero-order valence-corrected chi connectivity index (χ0v) is 15.0. The molecule has 128 valence electrons. The summed E-state index contributed by atoms with van der Waals surface area (Å²) in [5, 5.41) is 11.1. The van der Waals surface area contributed by atoms with Crippen LogP contribution in [0.25, 0.3) is 16.6 Å². The summed E-state index contributed by atoms with van der Waals surface area (Å²) in [6, 6.07) is 4.49. The number of aliphatic hydroxyl groups excluding tert-OH is 1. The Hall–Kier alpha value is -2.75. The summed E-state index contributed by atoms with van der Waals surface area (Å²) in [6.45, 7) is 15.4. The van der Waals surface area contributed by atoms with Crippen molar-refractivity contribution in [3.63, 3.8) is 0 Å². The average molecular weight is 333 g/mol. The number of fused-ring (bicyclic) bond motifs is 5. The maximum atomic E-state index is 9.94. The number of aromatic nitrogens is 2. The molecule has 1 N–H and O–H groups in total. The van der Waals surface area contributed by atoms with E-state index in [4.69, 9.17) is 0 Å². The van der Waals surface area contributed by atoms with E-state index in [0.717, 1.165) is 29.0 Å². The average Bonchev–Trinajstić information content (AvgIpc) is 2.91. The summed E-state index contributed by atoms with van der Waals surface area (Å²) >= 11 is 0. The van der Waals surface area contributed by atoms with Gasteiger partial charge in [0, 0.05) is 29.9 Å². The van der Waals surface area contributed by atoms with E-state index in [0.29, 0.717) is 5.57 Å². The van der Waals surface area contributed by atoms with Crippen molar-refractivity contribution in [3.8, 4) is 0 Å². The molecular weight excluding hydrogens is 310 g/mol. The van der Waals surface area contributed by atoms with E-state index in [1.165, 1.54) is 5.39 Å². The van der Waals surface area contributed by atoms with Gasteiger partial charge in [-0.25, -0.2) is 0 Å². The molecule has 0 saturated heterocycles. The van der Waals surface area contributed by atoms with Crippen molar-refractivity contribution in [1.29, 1.82) is 0 Å². The first-order chi connectivity index (χ1) is 11.8. The van der Waals surface area contributed by atoms with E-state index in [1.807, 2.05) is 30.7 Å². The molecule has 2 aromatic heterocycles. The molecule has 2 aliphatic heterocycles. The van der Waals surface area contributed by atoms with E-state index in [1.54, 1.807) is 0 Å². The smallest absolute Gasteiger partial charge is 0.117 e. The molecule has 4 heteroatoms. The Balaban J connectivity index is 1.97. The van der Waals surface area contributed by atoms with Gasteiger partial charge in [-0.1, -0.05) is 33.9 Å². The van der Waals surface area contributed by atoms with Crippen LogP contribution in [0.4, 0.5) is 0 Å². The van der Waals surface area contributed by atoms with E-state index >= 15 is 0 Å². The third-order valence-electron chi connectivity index (χ3n) is 5.17. The quantitative estimate of drug-likeness (QED) is 0.773. The molecule has 4 nitrogen and oxygen atoms in total. The Bertz CT molecular complexity index is 969. The largest absolute Gasteiger partial charge is 0.508 e. The molecule has 0 aliphatic carbocycles. The van der Waals surface area contributed by atoms with Gasteiger partial charge in [0.15, 0.2) is 0 Å². The Morgan fingerprint density at radius 1 is 1.36 bits per heavy atom. The molecule has 2 aliphatic rings. The normalized spacial score (nSPS) is 20.0. The number of aliphatic hydroxyl groups is 1. The first-order valence-corrected chi connectivity index (χ1v) is 8.50. The first-order valence-electron chi connectivity index (χ1n) is 8.50. The minimum absolute atomic E-state index is 0.0483. The second-order valence-electron chi connectivity index (χ2n) is 7.91. The minimum Gasteiger partial charge on any atom is -0.508 e. The van der Waals surface area contributed by atoms with E-state index in [9.17, 15) is 5.11 Å². The van der Waals surface area contributed by atoms with Gasteiger partial charge in [-0.15, -0.1) is 0 Å². The maximum absolute atomic E-state index is 9.94. The molecule has 4 rings (SSSR count). The number of nitrogens with zero attached hydrogens (tertiary/aromatic N) is 3. The van der Waals surface area contributed by atoms with E-state index in [-0.39, 0.29) is 17.2 Å². The number of allylic oxidation sites excluding steroid dienone is 2. The molecule has 0 radical (unpaired) electrons. The molecule has 0 saturated carbocycles. The van der Waals surface area contributed by atoms with Crippen LogP contribution in [0.1, 0.15) is 26.5 Å². The highest BCUT2D eigenvalue weighted by Crippen LogP contribution is 2.43. The van der Waals surface area contributed by atoms with Crippen molar-refractivity contribution in [1.82, 2.24) is 14.5 Å². The van der Waals surface area contributed by atoms with Crippen molar-refractivity contribution in [2.24, 2.45) is 5.41 Å². The van der Waals surface area contributed by atoms with Crippen LogP contribution in [-0.4, -0.2) is 25.6 Å². The number of pyridine rings is 1. The van der Waals surface area contributed by atoms with E-state index in [2.05, 4.69) is 54.4 Å². The molecule has 1 atom stereocenters. The third-order valence-corrected chi connectivity index (χ3v) is 5.17. The molecule has 25 heavy (non-hydrogen) atoms. The van der Waals surface area contributed by atoms with E-state index < -0.39 is 0 Å². The minimum atomic E-state index is 0.0483. The fourth-order valence-electron chi connectivity index (χ4n) is 3.79.